The van der Waals surface area contributed by atoms with Crippen molar-refractivity contribution < 1.29 is 9.53 Å². The molecule has 1 aliphatic rings. The largest absolute Gasteiger partial charge is 0.450 e. The van der Waals surface area contributed by atoms with E-state index in [4.69, 9.17) is 4.74 Å². The fourth-order valence-electron chi connectivity index (χ4n) is 1.86. The highest BCUT2D eigenvalue weighted by molar-refractivity contribution is 5.88. The summed E-state index contributed by atoms with van der Waals surface area (Å²) in [6, 6.07) is 5.66. The van der Waals surface area contributed by atoms with Crippen molar-refractivity contribution in [3.8, 4) is 0 Å². The molecule has 0 aliphatic carbocycles. The monoisotopic (exact) mass is 247 g/mol. The lowest BCUT2D eigenvalue weighted by atomic mass is 10.1. The van der Waals surface area contributed by atoms with E-state index in [1.165, 1.54) is 0 Å². The second-order valence-electron chi connectivity index (χ2n) is 4.05. The number of hydrogen-bond acceptors (Lipinski definition) is 4. The molecule has 1 aromatic rings. The van der Waals surface area contributed by atoms with E-state index in [1.807, 2.05) is 25.1 Å². The van der Waals surface area contributed by atoms with Crippen LogP contribution in [0.2, 0.25) is 0 Å². The molecule has 96 valence electrons. The summed E-state index contributed by atoms with van der Waals surface area (Å²) in [5.41, 5.74) is 1.09. The fourth-order valence-corrected chi connectivity index (χ4v) is 1.86. The van der Waals surface area contributed by atoms with Crippen LogP contribution < -0.4 is 0 Å². The van der Waals surface area contributed by atoms with Crippen molar-refractivity contribution in [3.63, 3.8) is 0 Å². The first-order chi connectivity index (χ1) is 8.79. The first kappa shape index (κ1) is 12.5. The lowest BCUT2D eigenvalue weighted by Crippen LogP contribution is -2.38. The van der Waals surface area contributed by atoms with Gasteiger partial charge in [0.1, 0.15) is 0 Å². The highest BCUT2D eigenvalue weighted by Gasteiger charge is 2.20. The third kappa shape index (κ3) is 3.29. The van der Waals surface area contributed by atoms with Crippen molar-refractivity contribution in [2.24, 2.45) is 4.99 Å². The molecule has 5 heteroatoms. The molecule has 1 saturated heterocycles. The molecule has 2 rings (SSSR count). The first-order valence-corrected chi connectivity index (χ1v) is 6.18. The Morgan fingerprint density at radius 2 is 2.22 bits per heavy atom. The van der Waals surface area contributed by atoms with Crippen LogP contribution in [0.25, 0.3) is 0 Å². The van der Waals surface area contributed by atoms with E-state index >= 15 is 0 Å². The minimum atomic E-state index is -0.227. The van der Waals surface area contributed by atoms with E-state index in [1.54, 1.807) is 11.1 Å². The molecule has 0 radical (unpaired) electrons. The summed E-state index contributed by atoms with van der Waals surface area (Å²) in [5.74, 6) is 0.733. The van der Waals surface area contributed by atoms with Crippen molar-refractivity contribution in [1.82, 2.24) is 9.88 Å². The number of hydrogen-bond donors (Lipinski definition) is 0. The van der Waals surface area contributed by atoms with E-state index in [-0.39, 0.29) is 6.09 Å². The maximum absolute atomic E-state index is 11.5. The third-order valence-electron chi connectivity index (χ3n) is 2.79. The van der Waals surface area contributed by atoms with Gasteiger partial charge in [-0.3, -0.25) is 0 Å². The Kier molecular flexibility index (Phi) is 4.28. The lowest BCUT2D eigenvalue weighted by molar-refractivity contribution is 0.107. The van der Waals surface area contributed by atoms with Gasteiger partial charge in [0, 0.05) is 37.8 Å². The van der Waals surface area contributed by atoms with Crippen LogP contribution >= 0.6 is 0 Å². The molecule has 1 amide bonds. The molecule has 0 bridgehead atoms. The predicted molar refractivity (Wildman–Crippen MR) is 69.2 cm³/mol. The lowest BCUT2D eigenvalue weighted by Gasteiger charge is -2.26. The number of aromatic nitrogens is 1. The summed E-state index contributed by atoms with van der Waals surface area (Å²) in [4.78, 5) is 21.9. The number of pyridine rings is 1. The molecule has 0 aromatic carbocycles. The summed E-state index contributed by atoms with van der Waals surface area (Å²) in [6.07, 6.45) is 3.08. The van der Waals surface area contributed by atoms with Gasteiger partial charge < -0.3 is 9.64 Å². The zero-order chi connectivity index (χ0) is 12.8. The quantitative estimate of drug-likeness (QED) is 0.806. The van der Waals surface area contributed by atoms with E-state index < -0.39 is 0 Å². The summed E-state index contributed by atoms with van der Waals surface area (Å²) in [7, 11) is 0. The second-order valence-corrected chi connectivity index (χ2v) is 4.05. The van der Waals surface area contributed by atoms with Crippen LogP contribution in [0, 0.1) is 0 Å². The molecule has 1 fully saturated rings. The second kappa shape index (κ2) is 6.14. The summed E-state index contributed by atoms with van der Waals surface area (Å²) in [6.45, 7) is 3.58. The summed E-state index contributed by atoms with van der Waals surface area (Å²) in [5, 5.41) is 0. The number of rotatable bonds is 2. The topological polar surface area (TPSA) is 54.8 Å². The van der Waals surface area contributed by atoms with Gasteiger partial charge in [0.25, 0.3) is 0 Å². The Balaban J connectivity index is 1.91. The molecule has 0 unspecified atom stereocenters. The smallest absolute Gasteiger partial charge is 0.409 e. The van der Waals surface area contributed by atoms with Crippen LogP contribution in [0.3, 0.4) is 0 Å². The number of carbonyl (C=O) groups is 1. The normalized spacial score (nSPS) is 15.4. The van der Waals surface area contributed by atoms with E-state index in [9.17, 15) is 4.79 Å². The maximum Gasteiger partial charge on any atom is 0.409 e. The highest BCUT2D eigenvalue weighted by atomic mass is 16.6. The SMILES string of the molecule is CCOC(=O)N1CCC(=Nc2ccccn2)CC1. The van der Waals surface area contributed by atoms with Gasteiger partial charge in [-0.1, -0.05) is 6.07 Å². The van der Waals surface area contributed by atoms with Crippen LogP contribution in [0.4, 0.5) is 10.6 Å². The molecule has 18 heavy (non-hydrogen) atoms. The van der Waals surface area contributed by atoms with Crippen molar-refractivity contribution in [2.75, 3.05) is 19.7 Å². The number of likely N-dealkylation sites (tertiary alicyclic amines) is 1. The molecule has 2 heterocycles. The summed E-state index contributed by atoms with van der Waals surface area (Å²) >= 11 is 0. The molecule has 0 spiro atoms. The number of aliphatic imine (C=N–C) groups is 1. The average molecular weight is 247 g/mol. The van der Waals surface area contributed by atoms with Crippen molar-refractivity contribution >= 4 is 17.6 Å². The van der Waals surface area contributed by atoms with Crippen molar-refractivity contribution in [1.29, 1.82) is 0 Å². The Morgan fingerprint density at radius 3 is 2.83 bits per heavy atom. The van der Waals surface area contributed by atoms with Gasteiger partial charge in [-0.25, -0.2) is 14.8 Å². The minimum absolute atomic E-state index is 0.227. The number of ether oxygens (including phenoxy) is 1. The van der Waals surface area contributed by atoms with E-state index in [0.29, 0.717) is 19.7 Å². The standard InChI is InChI=1S/C13H17N3O2/c1-2-18-13(17)16-9-6-11(7-10-16)15-12-5-3-4-8-14-12/h3-5,8H,2,6-7,9-10H2,1H3. The minimum Gasteiger partial charge on any atom is -0.450 e. The Labute approximate surface area is 106 Å². The van der Waals surface area contributed by atoms with Crippen LogP contribution in [0.1, 0.15) is 19.8 Å². The molecule has 1 aliphatic heterocycles. The number of amides is 1. The number of nitrogens with zero attached hydrogens (tertiary/aromatic N) is 3. The van der Waals surface area contributed by atoms with Gasteiger partial charge in [0.15, 0.2) is 5.82 Å². The molecule has 5 nitrogen and oxygen atoms in total. The average Bonchev–Trinajstić information content (AvgIpc) is 2.41. The van der Waals surface area contributed by atoms with Gasteiger partial charge in [0.2, 0.25) is 0 Å². The number of piperidine rings is 1. The van der Waals surface area contributed by atoms with Crippen LogP contribution in [0.5, 0.6) is 0 Å². The molecule has 1 aromatic heterocycles. The predicted octanol–water partition coefficient (Wildman–Crippen LogP) is 2.41. The zero-order valence-corrected chi connectivity index (χ0v) is 10.5. The van der Waals surface area contributed by atoms with Crippen molar-refractivity contribution in [2.45, 2.75) is 19.8 Å². The van der Waals surface area contributed by atoms with Gasteiger partial charge in [-0.15, -0.1) is 0 Å². The summed E-state index contributed by atoms with van der Waals surface area (Å²) < 4.78 is 4.97. The zero-order valence-electron chi connectivity index (χ0n) is 10.5. The van der Waals surface area contributed by atoms with E-state index in [2.05, 4.69) is 9.98 Å². The van der Waals surface area contributed by atoms with Crippen LogP contribution in [-0.2, 0) is 4.74 Å². The van der Waals surface area contributed by atoms with Gasteiger partial charge in [0.05, 0.1) is 6.61 Å². The Bertz CT molecular complexity index is 421. The van der Waals surface area contributed by atoms with Crippen LogP contribution in [0.15, 0.2) is 29.4 Å². The van der Waals surface area contributed by atoms with Crippen LogP contribution in [-0.4, -0.2) is 41.4 Å². The molecular weight excluding hydrogens is 230 g/mol. The first-order valence-electron chi connectivity index (χ1n) is 6.18. The maximum atomic E-state index is 11.5. The van der Waals surface area contributed by atoms with E-state index in [0.717, 1.165) is 24.4 Å². The van der Waals surface area contributed by atoms with Gasteiger partial charge in [-0.05, 0) is 19.1 Å². The van der Waals surface area contributed by atoms with Crippen molar-refractivity contribution in [3.05, 3.63) is 24.4 Å². The Hall–Kier alpha value is -1.91. The fraction of sp³-hybridized carbons (Fsp3) is 0.462. The molecule has 0 atom stereocenters. The molecule has 0 N–H and O–H groups in total. The third-order valence-corrected chi connectivity index (χ3v) is 2.79. The molecular formula is C13H17N3O2. The molecule has 0 saturated carbocycles. The Morgan fingerprint density at radius 1 is 1.44 bits per heavy atom. The number of carbonyl (C=O) groups excluding carboxylic acids is 1. The van der Waals surface area contributed by atoms with Gasteiger partial charge >= 0.3 is 6.09 Å². The highest BCUT2D eigenvalue weighted by Crippen LogP contribution is 2.13. The van der Waals surface area contributed by atoms with Gasteiger partial charge in [-0.2, -0.15) is 0 Å².